The summed E-state index contributed by atoms with van der Waals surface area (Å²) in [6, 6.07) is 7.82. The Morgan fingerprint density at radius 2 is 2.00 bits per heavy atom. The summed E-state index contributed by atoms with van der Waals surface area (Å²) < 4.78 is 0. The predicted octanol–water partition coefficient (Wildman–Crippen LogP) is 3.65. The lowest BCUT2D eigenvalue weighted by Gasteiger charge is -2.08. The molecule has 1 amide bonds. The van der Waals surface area contributed by atoms with Crippen LogP contribution in [0.1, 0.15) is 15.9 Å². The van der Waals surface area contributed by atoms with Gasteiger partial charge < -0.3 is 10.4 Å². The number of phenolic OH excluding ortho intramolecular Hbond substituents is 1. The summed E-state index contributed by atoms with van der Waals surface area (Å²) >= 11 is 11.5. The van der Waals surface area contributed by atoms with Gasteiger partial charge in [0.15, 0.2) is 0 Å². The van der Waals surface area contributed by atoms with Crippen LogP contribution in [-0.2, 0) is 0 Å². The van der Waals surface area contributed by atoms with Gasteiger partial charge in [0.05, 0.1) is 5.56 Å². The third kappa shape index (κ3) is 3.16. The van der Waals surface area contributed by atoms with Crippen LogP contribution in [0.4, 0.5) is 5.69 Å². The number of aromatic nitrogens is 1. The molecule has 0 saturated heterocycles. The quantitative estimate of drug-likeness (QED) is 0.832. The molecule has 0 bridgehead atoms. The number of nitrogens with one attached hydrogen (secondary N) is 1. The molecule has 0 aliphatic heterocycles. The summed E-state index contributed by atoms with van der Waals surface area (Å²) in [6.45, 7) is 1.76. The first-order valence-corrected chi connectivity index (χ1v) is 6.16. The molecule has 1 aromatic heterocycles. The number of pyridine rings is 1. The number of aryl methyl sites for hydroxylation is 1. The van der Waals surface area contributed by atoms with Crippen molar-refractivity contribution in [2.45, 2.75) is 6.92 Å². The van der Waals surface area contributed by atoms with E-state index in [1.165, 1.54) is 18.2 Å². The molecule has 2 aromatic rings. The van der Waals surface area contributed by atoms with Crippen molar-refractivity contribution < 1.29 is 9.90 Å². The number of aromatic hydroxyl groups is 1. The van der Waals surface area contributed by atoms with Crippen LogP contribution < -0.4 is 5.32 Å². The van der Waals surface area contributed by atoms with Gasteiger partial charge in [0, 0.05) is 11.8 Å². The summed E-state index contributed by atoms with van der Waals surface area (Å²) in [6.07, 6.45) is 0. The van der Waals surface area contributed by atoms with Gasteiger partial charge in [-0.1, -0.05) is 29.3 Å². The fraction of sp³-hybridized carbons (Fsp3) is 0.0769. The maximum absolute atomic E-state index is 12.0. The molecule has 2 rings (SSSR count). The Balaban J connectivity index is 2.23. The molecular formula is C13H10Cl2N2O2. The van der Waals surface area contributed by atoms with Gasteiger partial charge in [-0.15, -0.1) is 0 Å². The average Bonchev–Trinajstić information content (AvgIpc) is 2.33. The highest BCUT2D eigenvalue weighted by Gasteiger charge is 2.12. The van der Waals surface area contributed by atoms with Crippen LogP contribution in [0.15, 0.2) is 30.3 Å². The number of halogens is 2. The normalized spacial score (nSPS) is 10.3. The van der Waals surface area contributed by atoms with Crippen LogP contribution in [0, 0.1) is 6.92 Å². The molecule has 1 heterocycles. The molecular weight excluding hydrogens is 287 g/mol. The van der Waals surface area contributed by atoms with Crippen LogP contribution in [0.25, 0.3) is 0 Å². The second kappa shape index (κ2) is 5.47. The van der Waals surface area contributed by atoms with Crippen molar-refractivity contribution in [3.63, 3.8) is 0 Å². The van der Waals surface area contributed by atoms with Crippen molar-refractivity contribution in [1.29, 1.82) is 0 Å². The number of carbonyl (C=O) groups excluding carboxylic acids is 1. The first-order chi connectivity index (χ1) is 8.97. The summed E-state index contributed by atoms with van der Waals surface area (Å²) in [5.41, 5.74) is 1.41. The zero-order valence-corrected chi connectivity index (χ0v) is 11.5. The first-order valence-electron chi connectivity index (χ1n) is 5.40. The summed E-state index contributed by atoms with van der Waals surface area (Å²) in [5, 5.41) is 12.4. The van der Waals surface area contributed by atoms with Crippen LogP contribution >= 0.6 is 23.2 Å². The smallest absolute Gasteiger partial charge is 0.258 e. The van der Waals surface area contributed by atoms with Gasteiger partial charge in [-0.2, -0.15) is 0 Å². The molecule has 0 saturated carbocycles. The number of phenols is 1. The molecule has 4 nitrogen and oxygen atoms in total. The molecule has 0 spiro atoms. The number of carbonyl (C=O) groups is 1. The van der Waals surface area contributed by atoms with E-state index >= 15 is 0 Å². The number of rotatable bonds is 2. The Bertz CT molecular complexity index is 645. The fourth-order valence-corrected chi connectivity index (χ4v) is 1.90. The maximum atomic E-state index is 12.0. The van der Waals surface area contributed by atoms with Crippen molar-refractivity contribution in [3.05, 3.63) is 51.8 Å². The van der Waals surface area contributed by atoms with E-state index in [1.54, 1.807) is 19.1 Å². The highest BCUT2D eigenvalue weighted by molar-refractivity contribution is 6.35. The SMILES string of the molecule is Cc1ccc(NC(=O)c2ccc(Cl)nc2Cl)cc1O. The predicted molar refractivity (Wildman–Crippen MR) is 75.1 cm³/mol. The van der Waals surface area contributed by atoms with Crippen molar-refractivity contribution >= 4 is 34.8 Å². The van der Waals surface area contributed by atoms with Crippen LogP contribution in [-0.4, -0.2) is 16.0 Å². The van der Waals surface area contributed by atoms with Crippen molar-refractivity contribution in [1.82, 2.24) is 4.98 Å². The van der Waals surface area contributed by atoms with Crippen LogP contribution in [0.5, 0.6) is 5.75 Å². The fourth-order valence-electron chi connectivity index (χ4n) is 1.47. The van der Waals surface area contributed by atoms with E-state index in [4.69, 9.17) is 23.2 Å². The largest absolute Gasteiger partial charge is 0.508 e. The van der Waals surface area contributed by atoms with E-state index in [2.05, 4.69) is 10.3 Å². The van der Waals surface area contributed by atoms with E-state index < -0.39 is 5.91 Å². The lowest BCUT2D eigenvalue weighted by molar-refractivity contribution is 0.102. The Kier molecular flexibility index (Phi) is 3.93. The molecule has 2 N–H and O–H groups in total. The minimum atomic E-state index is -0.419. The summed E-state index contributed by atoms with van der Waals surface area (Å²) in [4.78, 5) is 15.8. The first kappa shape index (κ1) is 13.6. The third-order valence-electron chi connectivity index (χ3n) is 2.53. The number of anilines is 1. The minimum Gasteiger partial charge on any atom is -0.508 e. The Hall–Kier alpha value is -1.78. The monoisotopic (exact) mass is 296 g/mol. The summed E-state index contributed by atoms with van der Waals surface area (Å²) in [5.74, 6) is -0.310. The Morgan fingerprint density at radius 3 is 2.63 bits per heavy atom. The topological polar surface area (TPSA) is 62.2 Å². The molecule has 0 fully saturated rings. The number of nitrogens with zero attached hydrogens (tertiary/aromatic N) is 1. The zero-order valence-electron chi connectivity index (χ0n) is 9.95. The van der Waals surface area contributed by atoms with Gasteiger partial charge in [-0.3, -0.25) is 4.79 Å². The van der Waals surface area contributed by atoms with Crippen molar-refractivity contribution in [2.24, 2.45) is 0 Å². The maximum Gasteiger partial charge on any atom is 0.258 e. The van der Waals surface area contributed by atoms with Gasteiger partial charge >= 0.3 is 0 Å². The van der Waals surface area contributed by atoms with E-state index in [0.717, 1.165) is 5.56 Å². The Morgan fingerprint density at radius 1 is 1.26 bits per heavy atom. The molecule has 0 aliphatic carbocycles. The minimum absolute atomic E-state index is 0.0290. The number of hydrogen-bond donors (Lipinski definition) is 2. The molecule has 1 aromatic carbocycles. The zero-order chi connectivity index (χ0) is 14.0. The van der Waals surface area contributed by atoms with E-state index in [1.807, 2.05) is 0 Å². The number of benzene rings is 1. The lowest BCUT2D eigenvalue weighted by atomic mass is 10.2. The van der Waals surface area contributed by atoms with E-state index in [9.17, 15) is 9.90 Å². The second-order valence-electron chi connectivity index (χ2n) is 3.93. The Labute approximate surface area is 120 Å². The average molecular weight is 297 g/mol. The molecule has 6 heteroatoms. The molecule has 0 aliphatic rings. The van der Waals surface area contributed by atoms with Crippen LogP contribution in [0.3, 0.4) is 0 Å². The molecule has 0 unspecified atom stereocenters. The van der Waals surface area contributed by atoms with Gasteiger partial charge in [-0.25, -0.2) is 4.98 Å². The number of amides is 1. The summed E-state index contributed by atoms with van der Waals surface area (Å²) in [7, 11) is 0. The van der Waals surface area contributed by atoms with Crippen molar-refractivity contribution in [2.75, 3.05) is 5.32 Å². The highest BCUT2D eigenvalue weighted by atomic mass is 35.5. The lowest BCUT2D eigenvalue weighted by Crippen LogP contribution is -2.13. The van der Waals surface area contributed by atoms with Gasteiger partial charge in [-0.05, 0) is 30.7 Å². The molecule has 19 heavy (non-hydrogen) atoms. The molecule has 0 atom stereocenters. The van der Waals surface area contributed by atoms with Gasteiger partial charge in [0.1, 0.15) is 16.1 Å². The second-order valence-corrected chi connectivity index (χ2v) is 4.67. The van der Waals surface area contributed by atoms with E-state index in [0.29, 0.717) is 5.69 Å². The third-order valence-corrected chi connectivity index (χ3v) is 3.02. The molecule has 0 radical (unpaired) electrons. The van der Waals surface area contributed by atoms with Crippen LogP contribution in [0.2, 0.25) is 10.3 Å². The number of hydrogen-bond acceptors (Lipinski definition) is 3. The van der Waals surface area contributed by atoms with E-state index in [-0.39, 0.29) is 21.6 Å². The van der Waals surface area contributed by atoms with Crippen molar-refractivity contribution in [3.8, 4) is 5.75 Å². The van der Waals surface area contributed by atoms with Gasteiger partial charge in [0.2, 0.25) is 0 Å². The molecule has 98 valence electrons. The van der Waals surface area contributed by atoms with Gasteiger partial charge in [0.25, 0.3) is 5.91 Å². The highest BCUT2D eigenvalue weighted by Crippen LogP contribution is 2.22. The standard InChI is InChI=1S/C13H10Cl2N2O2/c1-7-2-3-8(6-10(7)18)16-13(19)9-4-5-11(14)17-12(9)15/h2-6,18H,1H3,(H,16,19).